The van der Waals surface area contributed by atoms with E-state index >= 15 is 0 Å². The highest BCUT2D eigenvalue weighted by molar-refractivity contribution is 6.34. The summed E-state index contributed by atoms with van der Waals surface area (Å²) in [4.78, 5) is 28.4. The van der Waals surface area contributed by atoms with Crippen LogP contribution in [-0.2, 0) is 15.1 Å². The first kappa shape index (κ1) is 24.1. The fraction of sp³-hybridized carbons (Fsp3) is 0.263. The van der Waals surface area contributed by atoms with Crippen LogP contribution < -0.4 is 11.1 Å². The van der Waals surface area contributed by atoms with Gasteiger partial charge in [0.1, 0.15) is 30.6 Å². The number of ether oxygens (including phenoxy) is 1. The van der Waals surface area contributed by atoms with E-state index in [4.69, 9.17) is 32.0 Å². The SMILES string of the molecule is CC1(c2cc(NC(=O)c3ncccc3Cl)ccc2F)N=C(N)COCC1(F)F.O=CO. The van der Waals surface area contributed by atoms with E-state index in [2.05, 4.69) is 15.3 Å². The van der Waals surface area contributed by atoms with Crippen LogP contribution in [0.5, 0.6) is 0 Å². The van der Waals surface area contributed by atoms with E-state index in [0.717, 1.165) is 19.1 Å². The van der Waals surface area contributed by atoms with E-state index in [9.17, 15) is 18.0 Å². The number of carbonyl (C=O) groups is 2. The van der Waals surface area contributed by atoms with Crippen LogP contribution in [0.4, 0.5) is 18.9 Å². The molecule has 0 fully saturated rings. The number of rotatable bonds is 3. The predicted molar refractivity (Wildman–Crippen MR) is 107 cm³/mol. The molecule has 1 aliphatic rings. The minimum Gasteiger partial charge on any atom is -0.483 e. The second-order valence-corrected chi connectivity index (χ2v) is 6.87. The first-order valence-corrected chi connectivity index (χ1v) is 9.03. The minimum absolute atomic E-state index is 0.0586. The van der Waals surface area contributed by atoms with Crippen molar-refractivity contribution >= 4 is 35.5 Å². The molecule has 0 radical (unpaired) electrons. The normalized spacial score (nSPS) is 19.8. The standard InChI is InChI=1S/C18H16ClF3N4O2.CH2O2/c1-17(18(21,22)9-28-8-14(23)26-17)11-7-10(4-5-13(11)20)25-16(27)15-12(19)3-2-6-24-15;2-1-3/h2-7H,8-9H2,1H3,(H2,23,26)(H,25,27);1H,(H,2,3). The maximum Gasteiger partial charge on any atom is 0.299 e. The van der Waals surface area contributed by atoms with Crippen LogP contribution in [0.15, 0.2) is 41.5 Å². The third-order valence-corrected chi connectivity index (χ3v) is 4.64. The number of carbonyl (C=O) groups excluding carboxylic acids is 1. The lowest BCUT2D eigenvalue weighted by Crippen LogP contribution is -2.45. The number of benzene rings is 1. The Balaban J connectivity index is 0.00000107. The van der Waals surface area contributed by atoms with Crippen molar-refractivity contribution in [3.05, 3.63) is 58.6 Å². The smallest absolute Gasteiger partial charge is 0.299 e. The molecule has 1 aromatic heterocycles. The zero-order valence-electron chi connectivity index (χ0n) is 16.1. The summed E-state index contributed by atoms with van der Waals surface area (Å²) in [5.74, 6) is -5.32. The molecule has 0 saturated carbocycles. The number of anilines is 1. The van der Waals surface area contributed by atoms with Crippen molar-refractivity contribution in [2.75, 3.05) is 18.5 Å². The van der Waals surface area contributed by atoms with Gasteiger partial charge in [0.25, 0.3) is 18.3 Å². The van der Waals surface area contributed by atoms with Crippen LogP contribution in [-0.4, -0.2) is 47.4 Å². The van der Waals surface area contributed by atoms with Crippen LogP contribution in [0.2, 0.25) is 5.02 Å². The number of aromatic nitrogens is 1. The molecule has 0 spiro atoms. The first-order chi connectivity index (χ1) is 14.6. The lowest BCUT2D eigenvalue weighted by molar-refractivity contribution is -0.122. The average Bonchev–Trinajstić information content (AvgIpc) is 2.79. The molecule has 2 aromatic rings. The van der Waals surface area contributed by atoms with E-state index in [1.54, 1.807) is 6.07 Å². The van der Waals surface area contributed by atoms with Gasteiger partial charge < -0.3 is 20.9 Å². The van der Waals surface area contributed by atoms with Crippen molar-refractivity contribution in [2.45, 2.75) is 18.4 Å². The monoisotopic (exact) mass is 458 g/mol. The van der Waals surface area contributed by atoms with E-state index in [1.165, 1.54) is 18.3 Å². The Morgan fingerprint density at radius 3 is 2.71 bits per heavy atom. The minimum atomic E-state index is -3.54. The average molecular weight is 459 g/mol. The summed E-state index contributed by atoms with van der Waals surface area (Å²) < 4.78 is 48.7. The topological polar surface area (TPSA) is 127 Å². The molecule has 8 nitrogen and oxygen atoms in total. The molecule has 2 heterocycles. The number of carboxylic acid groups (broad SMARTS) is 1. The van der Waals surface area contributed by atoms with Gasteiger partial charge in [-0.2, -0.15) is 0 Å². The molecule has 0 aliphatic carbocycles. The quantitative estimate of drug-likeness (QED) is 0.607. The number of hydrogen-bond acceptors (Lipinski definition) is 6. The zero-order chi connectivity index (χ0) is 23.2. The van der Waals surface area contributed by atoms with Crippen molar-refractivity contribution in [2.24, 2.45) is 10.7 Å². The van der Waals surface area contributed by atoms with Crippen molar-refractivity contribution in [1.82, 2.24) is 4.98 Å². The largest absolute Gasteiger partial charge is 0.483 e. The number of nitrogens with one attached hydrogen (secondary N) is 1. The van der Waals surface area contributed by atoms with Crippen molar-refractivity contribution < 1.29 is 32.6 Å². The highest BCUT2D eigenvalue weighted by atomic mass is 35.5. The maximum atomic E-state index is 14.7. The molecule has 1 atom stereocenters. The Bertz CT molecular complexity index is 1010. The zero-order valence-corrected chi connectivity index (χ0v) is 16.9. The van der Waals surface area contributed by atoms with E-state index in [0.29, 0.717) is 0 Å². The fourth-order valence-corrected chi connectivity index (χ4v) is 3.01. The van der Waals surface area contributed by atoms with Gasteiger partial charge in [0.15, 0.2) is 5.54 Å². The van der Waals surface area contributed by atoms with Crippen molar-refractivity contribution in [3.63, 3.8) is 0 Å². The van der Waals surface area contributed by atoms with Crippen LogP contribution >= 0.6 is 11.6 Å². The molecule has 1 unspecified atom stereocenters. The summed E-state index contributed by atoms with van der Waals surface area (Å²) in [7, 11) is 0. The molecule has 4 N–H and O–H groups in total. The van der Waals surface area contributed by atoms with Gasteiger partial charge in [0.05, 0.1) is 5.02 Å². The Morgan fingerprint density at radius 2 is 2.06 bits per heavy atom. The third-order valence-electron chi connectivity index (χ3n) is 4.33. The second-order valence-electron chi connectivity index (χ2n) is 6.46. The molecule has 12 heteroatoms. The van der Waals surface area contributed by atoms with Crippen LogP contribution in [0, 0.1) is 5.82 Å². The fourth-order valence-electron chi connectivity index (χ4n) is 2.80. The molecule has 0 bridgehead atoms. The van der Waals surface area contributed by atoms with Gasteiger partial charge >= 0.3 is 0 Å². The van der Waals surface area contributed by atoms with Gasteiger partial charge in [0, 0.05) is 17.4 Å². The number of amides is 1. The number of nitrogens with two attached hydrogens (primary N) is 1. The lowest BCUT2D eigenvalue weighted by Gasteiger charge is -2.33. The summed E-state index contributed by atoms with van der Waals surface area (Å²) in [6.07, 6.45) is 1.38. The molecule has 31 heavy (non-hydrogen) atoms. The molecule has 1 amide bonds. The van der Waals surface area contributed by atoms with Gasteiger partial charge in [0.2, 0.25) is 0 Å². The number of halogens is 4. The number of hydrogen-bond donors (Lipinski definition) is 3. The second kappa shape index (κ2) is 9.75. The molecule has 1 aromatic carbocycles. The molecule has 1 aliphatic heterocycles. The predicted octanol–water partition coefficient (Wildman–Crippen LogP) is 3.07. The highest BCUT2D eigenvalue weighted by Gasteiger charge is 2.54. The van der Waals surface area contributed by atoms with E-state index in [-0.39, 0.29) is 35.3 Å². The summed E-state index contributed by atoms with van der Waals surface area (Å²) >= 11 is 5.93. The highest BCUT2D eigenvalue weighted by Crippen LogP contribution is 2.44. The van der Waals surface area contributed by atoms with E-state index in [1.807, 2.05) is 0 Å². The Kier molecular flexibility index (Phi) is 7.58. The first-order valence-electron chi connectivity index (χ1n) is 8.65. The molecule has 3 rings (SSSR count). The summed E-state index contributed by atoms with van der Waals surface area (Å²) in [6.45, 7) is -0.456. The molecule has 0 saturated heterocycles. The summed E-state index contributed by atoms with van der Waals surface area (Å²) in [5.41, 5.74) is 2.86. The van der Waals surface area contributed by atoms with Crippen LogP contribution in [0.1, 0.15) is 23.0 Å². The summed E-state index contributed by atoms with van der Waals surface area (Å²) in [6, 6.07) is 6.30. The number of aliphatic imine (C=N–C) groups is 1. The van der Waals surface area contributed by atoms with E-state index < -0.39 is 35.4 Å². The molecule has 166 valence electrons. The lowest BCUT2D eigenvalue weighted by atomic mass is 9.85. The van der Waals surface area contributed by atoms with Crippen molar-refractivity contribution in [1.29, 1.82) is 0 Å². The van der Waals surface area contributed by atoms with Gasteiger partial charge in [-0.05, 0) is 37.3 Å². The van der Waals surface area contributed by atoms with Gasteiger partial charge in [-0.15, -0.1) is 0 Å². The third kappa shape index (κ3) is 5.30. The van der Waals surface area contributed by atoms with Crippen molar-refractivity contribution in [3.8, 4) is 0 Å². The van der Waals surface area contributed by atoms with Gasteiger partial charge in [-0.25, -0.2) is 18.2 Å². The Labute approximate surface area is 179 Å². The van der Waals surface area contributed by atoms with Gasteiger partial charge in [-0.3, -0.25) is 14.6 Å². The van der Waals surface area contributed by atoms with Crippen LogP contribution in [0.25, 0.3) is 0 Å². The maximum absolute atomic E-state index is 14.7. The van der Waals surface area contributed by atoms with Gasteiger partial charge in [-0.1, -0.05) is 11.6 Å². The summed E-state index contributed by atoms with van der Waals surface area (Å²) in [5, 5.41) is 9.47. The number of nitrogens with zero attached hydrogens (tertiary/aromatic N) is 2. The Morgan fingerprint density at radius 1 is 1.39 bits per heavy atom. The van der Waals surface area contributed by atoms with Crippen LogP contribution in [0.3, 0.4) is 0 Å². The molecular weight excluding hydrogens is 441 g/mol. The number of alkyl halides is 2. The molecular formula is C19H18ClF3N4O4. The number of pyridine rings is 1. The Hall–Kier alpha value is -3.18. The number of amidine groups is 1.